The van der Waals surface area contributed by atoms with E-state index in [9.17, 15) is 0 Å². The van der Waals surface area contributed by atoms with Crippen molar-refractivity contribution in [1.29, 1.82) is 0 Å². The van der Waals surface area contributed by atoms with E-state index in [1.165, 1.54) is 22.1 Å². The van der Waals surface area contributed by atoms with Crippen LogP contribution < -0.4 is 0 Å². The molecule has 1 aromatic heterocycles. The molecule has 1 fully saturated rings. The van der Waals surface area contributed by atoms with E-state index in [-0.39, 0.29) is 6.10 Å². The summed E-state index contributed by atoms with van der Waals surface area (Å²) in [6.07, 6.45) is 0.172. The molecule has 3 rings (SSSR count). The van der Waals surface area contributed by atoms with E-state index < -0.39 is 0 Å². The smallest absolute Gasteiger partial charge is 0.0936 e. The molecule has 0 N–H and O–H groups in total. The molecular weight excluding hydrogens is 288 g/mol. The van der Waals surface area contributed by atoms with Crippen molar-refractivity contribution in [2.24, 2.45) is 0 Å². The fourth-order valence-electron chi connectivity index (χ4n) is 3.47. The molecule has 1 saturated heterocycles. The zero-order valence-electron chi connectivity index (χ0n) is 14.6. The number of hydrogen-bond acceptors (Lipinski definition) is 4. The summed E-state index contributed by atoms with van der Waals surface area (Å²) in [4.78, 5) is 7.03. The van der Waals surface area contributed by atoms with Crippen LogP contribution in [0.25, 0.3) is 10.9 Å². The summed E-state index contributed by atoms with van der Waals surface area (Å²) in [6, 6.07) is 6.62. The summed E-state index contributed by atoms with van der Waals surface area (Å²) in [7, 11) is 2.14. The van der Waals surface area contributed by atoms with Gasteiger partial charge in [-0.2, -0.15) is 0 Å². The van der Waals surface area contributed by atoms with Gasteiger partial charge in [0.2, 0.25) is 0 Å². The highest BCUT2D eigenvalue weighted by atomic mass is 16.6. The molecule has 0 spiro atoms. The number of likely N-dealkylation sites (N-methyl/N-ethyl adjacent to an activating group) is 1. The first-order valence-corrected chi connectivity index (χ1v) is 8.28. The summed E-state index contributed by atoms with van der Waals surface area (Å²) in [5.74, 6) is 0. The molecular formula is C19H26N2O2. The van der Waals surface area contributed by atoms with E-state index >= 15 is 0 Å². The van der Waals surface area contributed by atoms with Crippen molar-refractivity contribution < 1.29 is 9.47 Å². The van der Waals surface area contributed by atoms with Gasteiger partial charge in [-0.3, -0.25) is 9.88 Å². The maximum absolute atomic E-state index is 5.76. The van der Waals surface area contributed by atoms with Gasteiger partial charge >= 0.3 is 0 Å². The predicted octanol–water partition coefficient (Wildman–Crippen LogP) is 3.01. The summed E-state index contributed by atoms with van der Waals surface area (Å²) in [5.41, 5.74) is 6.07. The SMILES string of the molecule is Cc1cc(C)c2c(CN(C)C[C@H]3COCCO3)cc(C)nc2c1. The molecule has 1 aliphatic heterocycles. The van der Waals surface area contributed by atoms with Crippen LogP contribution in [0.1, 0.15) is 22.4 Å². The number of pyridine rings is 1. The lowest BCUT2D eigenvalue weighted by atomic mass is 10.00. The summed E-state index contributed by atoms with van der Waals surface area (Å²) >= 11 is 0. The molecule has 1 atom stereocenters. The molecule has 1 aromatic carbocycles. The van der Waals surface area contributed by atoms with Crippen molar-refractivity contribution in [2.45, 2.75) is 33.4 Å². The molecule has 0 saturated carbocycles. The van der Waals surface area contributed by atoms with Crippen LogP contribution in [0.4, 0.5) is 0 Å². The van der Waals surface area contributed by atoms with E-state index in [1.54, 1.807) is 0 Å². The number of hydrogen-bond donors (Lipinski definition) is 0. The normalized spacial score (nSPS) is 18.7. The highest BCUT2D eigenvalue weighted by molar-refractivity contribution is 5.86. The predicted molar refractivity (Wildman–Crippen MR) is 92.8 cm³/mol. The number of rotatable bonds is 4. The maximum Gasteiger partial charge on any atom is 0.0936 e. The van der Waals surface area contributed by atoms with Gasteiger partial charge in [-0.05, 0) is 56.6 Å². The number of aromatic nitrogens is 1. The molecule has 1 aliphatic rings. The Hall–Kier alpha value is -1.49. The Morgan fingerprint density at radius 1 is 1.17 bits per heavy atom. The van der Waals surface area contributed by atoms with Gasteiger partial charge in [-0.25, -0.2) is 0 Å². The number of nitrogens with zero attached hydrogens (tertiary/aromatic N) is 2. The van der Waals surface area contributed by atoms with Gasteiger partial charge in [0.1, 0.15) is 0 Å². The van der Waals surface area contributed by atoms with Gasteiger partial charge in [0.05, 0.1) is 31.4 Å². The van der Waals surface area contributed by atoms with E-state index in [0.717, 1.165) is 24.3 Å². The van der Waals surface area contributed by atoms with E-state index in [4.69, 9.17) is 14.5 Å². The third kappa shape index (κ3) is 3.89. The molecule has 4 heteroatoms. The zero-order chi connectivity index (χ0) is 16.4. The number of benzene rings is 1. The molecule has 124 valence electrons. The van der Waals surface area contributed by atoms with Gasteiger partial charge in [0.25, 0.3) is 0 Å². The van der Waals surface area contributed by atoms with Crippen molar-refractivity contribution in [1.82, 2.24) is 9.88 Å². The third-order valence-electron chi connectivity index (χ3n) is 4.30. The van der Waals surface area contributed by atoms with Crippen molar-refractivity contribution in [3.8, 4) is 0 Å². The molecule has 0 amide bonds. The fraction of sp³-hybridized carbons (Fsp3) is 0.526. The fourth-order valence-corrected chi connectivity index (χ4v) is 3.47. The molecule has 23 heavy (non-hydrogen) atoms. The average Bonchev–Trinajstić information content (AvgIpc) is 2.46. The average molecular weight is 314 g/mol. The number of aryl methyl sites for hydroxylation is 3. The van der Waals surface area contributed by atoms with E-state index in [1.807, 2.05) is 0 Å². The molecule has 4 nitrogen and oxygen atoms in total. The number of ether oxygens (including phenoxy) is 2. The quantitative estimate of drug-likeness (QED) is 0.869. The Morgan fingerprint density at radius 3 is 2.74 bits per heavy atom. The van der Waals surface area contributed by atoms with Crippen molar-refractivity contribution in [3.63, 3.8) is 0 Å². The van der Waals surface area contributed by atoms with Crippen molar-refractivity contribution in [3.05, 3.63) is 40.6 Å². The van der Waals surface area contributed by atoms with Gasteiger partial charge in [-0.1, -0.05) is 6.07 Å². The Balaban J connectivity index is 1.84. The van der Waals surface area contributed by atoms with E-state index in [2.05, 4.69) is 50.9 Å². The lowest BCUT2D eigenvalue weighted by molar-refractivity contribution is -0.0962. The number of fused-ring (bicyclic) bond motifs is 1. The van der Waals surface area contributed by atoms with Crippen LogP contribution in [-0.4, -0.2) is 49.4 Å². The first kappa shape index (κ1) is 16.4. The Labute approximate surface area is 138 Å². The Bertz CT molecular complexity index is 688. The highest BCUT2D eigenvalue weighted by Crippen LogP contribution is 2.25. The summed E-state index contributed by atoms with van der Waals surface area (Å²) in [6.45, 7) is 10.3. The standard InChI is InChI=1S/C19H26N2O2/c1-13-7-14(2)19-16(9-15(3)20-18(19)8-13)10-21(4)11-17-12-22-5-6-23-17/h7-9,17H,5-6,10-12H2,1-4H3/t17-/m0/s1. The first-order chi connectivity index (χ1) is 11.0. The summed E-state index contributed by atoms with van der Waals surface area (Å²) in [5, 5.41) is 1.29. The second kappa shape index (κ2) is 6.95. The van der Waals surface area contributed by atoms with Crippen LogP contribution in [0, 0.1) is 20.8 Å². The van der Waals surface area contributed by atoms with Crippen LogP contribution in [-0.2, 0) is 16.0 Å². The first-order valence-electron chi connectivity index (χ1n) is 8.28. The van der Waals surface area contributed by atoms with Crippen molar-refractivity contribution in [2.75, 3.05) is 33.4 Å². The van der Waals surface area contributed by atoms with Gasteiger partial charge in [0, 0.05) is 24.2 Å². The molecule has 0 bridgehead atoms. The molecule has 0 unspecified atom stereocenters. The van der Waals surface area contributed by atoms with Crippen LogP contribution in [0.5, 0.6) is 0 Å². The Kier molecular flexibility index (Phi) is 4.95. The monoisotopic (exact) mass is 314 g/mol. The van der Waals surface area contributed by atoms with Crippen LogP contribution in [0.15, 0.2) is 18.2 Å². The van der Waals surface area contributed by atoms with Crippen LogP contribution >= 0.6 is 0 Å². The van der Waals surface area contributed by atoms with Gasteiger partial charge < -0.3 is 9.47 Å². The zero-order valence-corrected chi connectivity index (χ0v) is 14.6. The van der Waals surface area contributed by atoms with Crippen molar-refractivity contribution >= 4 is 10.9 Å². The third-order valence-corrected chi connectivity index (χ3v) is 4.30. The second-order valence-electron chi connectivity index (χ2n) is 6.66. The van der Waals surface area contributed by atoms with E-state index in [0.29, 0.717) is 19.8 Å². The lowest BCUT2D eigenvalue weighted by Crippen LogP contribution is -2.38. The molecule has 0 radical (unpaired) electrons. The largest absolute Gasteiger partial charge is 0.376 e. The maximum atomic E-state index is 5.76. The second-order valence-corrected chi connectivity index (χ2v) is 6.66. The topological polar surface area (TPSA) is 34.6 Å². The minimum Gasteiger partial charge on any atom is -0.376 e. The Morgan fingerprint density at radius 2 is 2.00 bits per heavy atom. The highest BCUT2D eigenvalue weighted by Gasteiger charge is 2.17. The minimum absolute atomic E-state index is 0.172. The molecule has 2 aromatic rings. The summed E-state index contributed by atoms with van der Waals surface area (Å²) < 4.78 is 11.3. The van der Waals surface area contributed by atoms with Gasteiger partial charge in [-0.15, -0.1) is 0 Å². The minimum atomic E-state index is 0.172. The molecule has 2 heterocycles. The molecule has 0 aliphatic carbocycles. The van der Waals surface area contributed by atoms with Gasteiger partial charge in [0.15, 0.2) is 0 Å². The lowest BCUT2D eigenvalue weighted by Gasteiger charge is -2.28. The van der Waals surface area contributed by atoms with Crippen LogP contribution in [0.2, 0.25) is 0 Å². The van der Waals surface area contributed by atoms with Crippen LogP contribution in [0.3, 0.4) is 0 Å².